The lowest BCUT2D eigenvalue weighted by Crippen LogP contribution is -2.19. The van der Waals surface area contributed by atoms with Crippen molar-refractivity contribution < 1.29 is 5.11 Å². The molecule has 1 N–H and O–H groups in total. The van der Waals surface area contributed by atoms with E-state index in [2.05, 4.69) is 58.5 Å². The van der Waals surface area contributed by atoms with Gasteiger partial charge in [-0.1, -0.05) is 42.2 Å². The van der Waals surface area contributed by atoms with E-state index in [-0.39, 0.29) is 6.61 Å². The van der Waals surface area contributed by atoms with Crippen LogP contribution in [0.4, 0.5) is 0 Å². The first kappa shape index (κ1) is 14.3. The largest absolute Gasteiger partial charge is 0.384 e. The smallest absolute Gasteiger partial charge is 0.104 e. The number of hydrogen-bond donors (Lipinski definition) is 1. The first-order valence-corrected chi connectivity index (χ1v) is 8.17. The van der Waals surface area contributed by atoms with Gasteiger partial charge in [-0.3, -0.25) is 4.90 Å². The van der Waals surface area contributed by atoms with Gasteiger partial charge in [0.2, 0.25) is 0 Å². The molecule has 0 bridgehead atoms. The maximum atomic E-state index is 8.72. The Hall–Kier alpha value is -1.60. The fourth-order valence-electron chi connectivity index (χ4n) is 2.86. The minimum absolute atomic E-state index is 0.0734. The van der Waals surface area contributed by atoms with Crippen molar-refractivity contribution in [2.75, 3.05) is 19.7 Å². The maximum Gasteiger partial charge on any atom is 0.104 e. The summed E-state index contributed by atoms with van der Waals surface area (Å²) in [5, 5.41) is 10.8. The number of likely N-dealkylation sites (tertiary alicyclic amines) is 1. The van der Waals surface area contributed by atoms with Gasteiger partial charge >= 0.3 is 0 Å². The second-order valence-corrected chi connectivity index (χ2v) is 6.39. The highest BCUT2D eigenvalue weighted by Crippen LogP contribution is 2.28. The summed E-state index contributed by atoms with van der Waals surface area (Å²) in [5.41, 5.74) is 2.48. The number of thiophene rings is 1. The Morgan fingerprint density at radius 1 is 1.29 bits per heavy atom. The average molecular weight is 297 g/mol. The molecule has 1 saturated heterocycles. The molecule has 21 heavy (non-hydrogen) atoms. The molecular weight excluding hydrogens is 278 g/mol. The second kappa shape index (κ2) is 6.91. The van der Waals surface area contributed by atoms with Gasteiger partial charge in [-0.25, -0.2) is 0 Å². The van der Waals surface area contributed by atoms with Crippen molar-refractivity contribution >= 4 is 11.3 Å². The molecule has 1 aromatic heterocycles. The van der Waals surface area contributed by atoms with Crippen molar-refractivity contribution in [1.82, 2.24) is 4.90 Å². The molecule has 0 saturated carbocycles. The number of benzene rings is 1. The molecule has 2 nitrogen and oxygen atoms in total. The topological polar surface area (TPSA) is 23.5 Å². The van der Waals surface area contributed by atoms with Crippen LogP contribution in [0.25, 0.3) is 0 Å². The SMILES string of the molecule is OCC#Cc1csc(CN2CCC(c3ccccc3)C2)c1. The molecule has 2 heterocycles. The molecule has 1 aromatic carbocycles. The Morgan fingerprint density at radius 3 is 2.95 bits per heavy atom. The van der Waals surface area contributed by atoms with Crippen molar-refractivity contribution in [3.05, 3.63) is 57.8 Å². The summed E-state index contributed by atoms with van der Waals surface area (Å²) >= 11 is 1.76. The van der Waals surface area contributed by atoms with Gasteiger partial charge < -0.3 is 5.11 Å². The van der Waals surface area contributed by atoms with Crippen LogP contribution in [0.15, 0.2) is 41.8 Å². The summed E-state index contributed by atoms with van der Waals surface area (Å²) < 4.78 is 0. The van der Waals surface area contributed by atoms with E-state index in [4.69, 9.17) is 5.11 Å². The molecule has 1 aliphatic rings. The molecule has 1 atom stereocenters. The Morgan fingerprint density at radius 2 is 2.14 bits per heavy atom. The fraction of sp³-hybridized carbons (Fsp3) is 0.333. The molecule has 1 aliphatic heterocycles. The lowest BCUT2D eigenvalue weighted by molar-refractivity contribution is 0.330. The summed E-state index contributed by atoms with van der Waals surface area (Å²) in [7, 11) is 0. The van der Waals surface area contributed by atoms with Gasteiger partial charge in [0.15, 0.2) is 0 Å². The molecule has 108 valence electrons. The van der Waals surface area contributed by atoms with Gasteiger partial charge in [-0.15, -0.1) is 11.3 Å². The van der Waals surface area contributed by atoms with E-state index in [0.717, 1.165) is 25.2 Å². The Labute approximate surface area is 130 Å². The van der Waals surface area contributed by atoms with E-state index in [0.29, 0.717) is 5.92 Å². The van der Waals surface area contributed by atoms with Gasteiger partial charge in [0.25, 0.3) is 0 Å². The van der Waals surface area contributed by atoms with Gasteiger partial charge in [-0.05, 0) is 30.5 Å². The molecule has 3 rings (SSSR count). The average Bonchev–Trinajstić information content (AvgIpc) is 3.16. The molecular formula is C18H19NOS. The number of rotatable bonds is 3. The van der Waals surface area contributed by atoms with Crippen molar-refractivity contribution in [2.24, 2.45) is 0 Å². The van der Waals surface area contributed by atoms with Crippen molar-refractivity contribution in [2.45, 2.75) is 18.9 Å². The molecule has 0 aliphatic carbocycles. The van der Waals surface area contributed by atoms with Gasteiger partial charge in [0.1, 0.15) is 6.61 Å². The van der Waals surface area contributed by atoms with E-state index in [1.807, 2.05) is 0 Å². The third kappa shape index (κ3) is 3.74. The van der Waals surface area contributed by atoms with Crippen LogP contribution < -0.4 is 0 Å². The third-order valence-corrected chi connectivity index (χ3v) is 4.81. The van der Waals surface area contributed by atoms with Crippen molar-refractivity contribution in [1.29, 1.82) is 0 Å². The van der Waals surface area contributed by atoms with Crippen molar-refractivity contribution in [3.8, 4) is 11.8 Å². The zero-order valence-corrected chi connectivity index (χ0v) is 12.8. The highest BCUT2D eigenvalue weighted by atomic mass is 32.1. The number of aliphatic hydroxyl groups is 1. The predicted molar refractivity (Wildman–Crippen MR) is 87.4 cm³/mol. The van der Waals surface area contributed by atoms with Crippen molar-refractivity contribution in [3.63, 3.8) is 0 Å². The highest BCUT2D eigenvalue weighted by Gasteiger charge is 2.23. The lowest BCUT2D eigenvalue weighted by atomic mass is 9.99. The van der Waals surface area contributed by atoms with Crippen LogP contribution in [-0.2, 0) is 6.54 Å². The van der Waals surface area contributed by atoms with Gasteiger partial charge in [-0.2, -0.15) is 0 Å². The van der Waals surface area contributed by atoms with E-state index < -0.39 is 0 Å². The van der Waals surface area contributed by atoms with E-state index in [1.54, 1.807) is 11.3 Å². The van der Waals surface area contributed by atoms with Crippen LogP contribution in [0.2, 0.25) is 0 Å². The molecule has 0 radical (unpaired) electrons. The fourth-order valence-corrected chi connectivity index (χ4v) is 3.72. The molecule has 2 aromatic rings. The number of nitrogens with zero attached hydrogens (tertiary/aromatic N) is 1. The minimum Gasteiger partial charge on any atom is -0.384 e. The maximum absolute atomic E-state index is 8.72. The first-order chi connectivity index (χ1) is 10.3. The quantitative estimate of drug-likeness (QED) is 0.880. The molecule has 3 heteroatoms. The van der Waals surface area contributed by atoms with Crippen LogP contribution in [-0.4, -0.2) is 29.7 Å². The summed E-state index contributed by atoms with van der Waals surface area (Å²) in [6, 6.07) is 13.0. The van der Waals surface area contributed by atoms with Crippen LogP contribution in [0.1, 0.15) is 28.3 Å². The zero-order chi connectivity index (χ0) is 14.5. The summed E-state index contributed by atoms with van der Waals surface area (Å²) in [5.74, 6) is 6.33. The summed E-state index contributed by atoms with van der Waals surface area (Å²) in [4.78, 5) is 3.87. The van der Waals surface area contributed by atoms with Crippen LogP contribution in [0.5, 0.6) is 0 Å². The first-order valence-electron chi connectivity index (χ1n) is 7.29. The highest BCUT2D eigenvalue weighted by molar-refractivity contribution is 7.10. The zero-order valence-electron chi connectivity index (χ0n) is 12.0. The molecule has 0 amide bonds. The Bertz CT molecular complexity index is 638. The molecule has 0 spiro atoms. The predicted octanol–water partition coefficient (Wildman–Crippen LogP) is 3.08. The van der Waals surface area contributed by atoms with Crippen LogP contribution >= 0.6 is 11.3 Å². The van der Waals surface area contributed by atoms with Crippen LogP contribution in [0, 0.1) is 11.8 Å². The third-order valence-electron chi connectivity index (χ3n) is 3.89. The van der Waals surface area contributed by atoms with Gasteiger partial charge in [0.05, 0.1) is 0 Å². The van der Waals surface area contributed by atoms with E-state index in [9.17, 15) is 0 Å². The Balaban J connectivity index is 1.58. The van der Waals surface area contributed by atoms with E-state index >= 15 is 0 Å². The summed E-state index contributed by atoms with van der Waals surface area (Å²) in [6.45, 7) is 3.24. The van der Waals surface area contributed by atoms with Crippen LogP contribution in [0.3, 0.4) is 0 Å². The molecule has 1 fully saturated rings. The Kier molecular flexibility index (Phi) is 4.72. The monoisotopic (exact) mass is 297 g/mol. The minimum atomic E-state index is -0.0734. The van der Waals surface area contributed by atoms with Gasteiger partial charge in [0, 0.05) is 28.9 Å². The summed E-state index contributed by atoms with van der Waals surface area (Å²) in [6.07, 6.45) is 1.24. The number of aliphatic hydroxyl groups excluding tert-OH is 1. The molecule has 1 unspecified atom stereocenters. The second-order valence-electron chi connectivity index (χ2n) is 5.39. The normalized spacial score (nSPS) is 18.4. The number of hydrogen-bond acceptors (Lipinski definition) is 3. The lowest BCUT2D eigenvalue weighted by Gasteiger charge is -2.15. The van der Waals surface area contributed by atoms with E-state index in [1.165, 1.54) is 16.9 Å². The standard InChI is InChI=1S/C18H19NOS/c20-10-4-5-15-11-18(21-14-15)13-19-9-8-17(12-19)16-6-2-1-3-7-16/h1-3,6-7,11,14,17,20H,8-10,12-13H2.